The number of aryl methyl sites for hydroxylation is 1. The summed E-state index contributed by atoms with van der Waals surface area (Å²) in [6, 6.07) is 8.21. The number of hydrogen-bond acceptors (Lipinski definition) is 3. The molecule has 160 valence electrons. The summed E-state index contributed by atoms with van der Waals surface area (Å²) in [5.41, 5.74) is 0.150. The maximum Gasteiger partial charge on any atom is 0.435 e. The van der Waals surface area contributed by atoms with Gasteiger partial charge < -0.3 is 5.32 Å². The first-order valence-corrected chi connectivity index (χ1v) is 9.69. The molecule has 1 aromatic carbocycles. The molecule has 2 aromatic heterocycles. The minimum absolute atomic E-state index is 0.0221. The highest BCUT2D eigenvalue weighted by Gasteiger charge is 2.34. The maximum absolute atomic E-state index is 12.8. The van der Waals surface area contributed by atoms with E-state index in [9.17, 15) is 18.0 Å². The van der Waals surface area contributed by atoms with Gasteiger partial charge in [0.15, 0.2) is 11.5 Å². The van der Waals surface area contributed by atoms with E-state index in [0.717, 1.165) is 16.3 Å². The number of halogens is 5. The SMILES string of the molecule is Cc1cc(C(F)(F)F)nn1CC(C)C(=O)Nc1nn(Cc2ccccc2Cl)cc1Cl. The summed E-state index contributed by atoms with van der Waals surface area (Å²) < 4.78 is 41.1. The van der Waals surface area contributed by atoms with Gasteiger partial charge in [-0.3, -0.25) is 14.2 Å². The Morgan fingerprint density at radius 1 is 1.20 bits per heavy atom. The lowest BCUT2D eigenvalue weighted by Crippen LogP contribution is -2.26. The monoisotopic (exact) mass is 459 g/mol. The third kappa shape index (κ3) is 5.14. The summed E-state index contributed by atoms with van der Waals surface area (Å²) in [5, 5.41) is 11.2. The van der Waals surface area contributed by atoms with Crippen molar-refractivity contribution in [3.05, 3.63) is 63.5 Å². The van der Waals surface area contributed by atoms with Crippen molar-refractivity contribution in [1.82, 2.24) is 19.6 Å². The van der Waals surface area contributed by atoms with E-state index in [1.54, 1.807) is 19.2 Å². The summed E-state index contributed by atoms with van der Waals surface area (Å²) in [6.45, 7) is 3.42. The zero-order chi connectivity index (χ0) is 22.1. The van der Waals surface area contributed by atoms with E-state index in [2.05, 4.69) is 15.5 Å². The molecule has 0 saturated heterocycles. The highest BCUT2D eigenvalue weighted by molar-refractivity contribution is 6.33. The summed E-state index contributed by atoms with van der Waals surface area (Å²) in [6.07, 6.45) is -2.98. The lowest BCUT2D eigenvalue weighted by atomic mass is 10.1. The molecule has 0 aliphatic carbocycles. The predicted molar refractivity (Wildman–Crippen MR) is 108 cm³/mol. The molecule has 0 saturated carbocycles. The number of aromatic nitrogens is 4. The van der Waals surface area contributed by atoms with Gasteiger partial charge in [0, 0.05) is 16.9 Å². The van der Waals surface area contributed by atoms with E-state index >= 15 is 0 Å². The van der Waals surface area contributed by atoms with Gasteiger partial charge in [0.1, 0.15) is 5.02 Å². The summed E-state index contributed by atoms with van der Waals surface area (Å²) in [5.74, 6) is -0.952. The summed E-state index contributed by atoms with van der Waals surface area (Å²) in [7, 11) is 0. The molecular formula is C19H18Cl2F3N5O. The highest BCUT2D eigenvalue weighted by Crippen LogP contribution is 2.29. The van der Waals surface area contributed by atoms with Crippen LogP contribution in [0.5, 0.6) is 0 Å². The highest BCUT2D eigenvalue weighted by atomic mass is 35.5. The minimum atomic E-state index is -4.54. The molecule has 30 heavy (non-hydrogen) atoms. The molecule has 0 aliphatic heterocycles. The van der Waals surface area contributed by atoms with Crippen molar-refractivity contribution in [3.8, 4) is 0 Å². The largest absolute Gasteiger partial charge is 0.435 e. The number of rotatable bonds is 6. The molecule has 1 amide bonds. The lowest BCUT2D eigenvalue weighted by molar-refractivity contribution is -0.141. The number of hydrogen-bond donors (Lipinski definition) is 1. The number of carbonyl (C=O) groups excluding carboxylic acids is 1. The van der Waals surface area contributed by atoms with E-state index in [4.69, 9.17) is 23.2 Å². The van der Waals surface area contributed by atoms with Gasteiger partial charge in [0.05, 0.1) is 19.0 Å². The van der Waals surface area contributed by atoms with E-state index in [-0.39, 0.29) is 17.4 Å². The van der Waals surface area contributed by atoms with Crippen molar-refractivity contribution in [2.75, 3.05) is 5.32 Å². The van der Waals surface area contributed by atoms with Gasteiger partial charge in [-0.25, -0.2) is 0 Å². The third-order valence-electron chi connectivity index (χ3n) is 4.41. The quantitative estimate of drug-likeness (QED) is 0.561. The molecule has 0 spiro atoms. The average Bonchev–Trinajstić information content (AvgIpc) is 3.19. The van der Waals surface area contributed by atoms with Gasteiger partial charge in [-0.1, -0.05) is 48.3 Å². The van der Waals surface area contributed by atoms with Crippen LogP contribution < -0.4 is 5.32 Å². The fraction of sp³-hybridized carbons (Fsp3) is 0.316. The van der Waals surface area contributed by atoms with Crippen LogP contribution in [0.1, 0.15) is 23.9 Å². The Morgan fingerprint density at radius 3 is 2.53 bits per heavy atom. The Balaban J connectivity index is 1.67. The molecule has 0 radical (unpaired) electrons. The molecule has 0 aliphatic rings. The van der Waals surface area contributed by atoms with Crippen LogP contribution in [-0.4, -0.2) is 25.5 Å². The first-order chi connectivity index (χ1) is 14.0. The van der Waals surface area contributed by atoms with Crippen LogP contribution in [0.3, 0.4) is 0 Å². The van der Waals surface area contributed by atoms with Crippen molar-refractivity contribution in [1.29, 1.82) is 0 Å². The normalized spacial score (nSPS) is 12.8. The Kier molecular flexibility index (Phi) is 6.42. The van der Waals surface area contributed by atoms with Gasteiger partial charge in [-0.2, -0.15) is 23.4 Å². The third-order valence-corrected chi connectivity index (χ3v) is 5.06. The van der Waals surface area contributed by atoms with Crippen molar-refractivity contribution in [3.63, 3.8) is 0 Å². The molecule has 11 heteroatoms. The number of benzene rings is 1. The van der Waals surface area contributed by atoms with E-state index in [1.807, 2.05) is 18.2 Å². The Bertz CT molecular complexity index is 1060. The van der Waals surface area contributed by atoms with Gasteiger partial charge in [0.25, 0.3) is 0 Å². The number of anilines is 1. The number of nitrogens with one attached hydrogen (secondary N) is 1. The molecule has 1 atom stereocenters. The maximum atomic E-state index is 12.8. The summed E-state index contributed by atoms with van der Waals surface area (Å²) >= 11 is 12.3. The number of amides is 1. The second kappa shape index (κ2) is 8.69. The first-order valence-electron chi connectivity index (χ1n) is 8.93. The van der Waals surface area contributed by atoms with E-state index in [1.165, 1.54) is 11.6 Å². The lowest BCUT2D eigenvalue weighted by Gasteiger charge is -2.12. The van der Waals surface area contributed by atoms with Crippen LogP contribution in [0, 0.1) is 12.8 Å². The minimum Gasteiger partial charge on any atom is -0.308 e. The second-order valence-corrected chi connectivity index (χ2v) is 7.67. The van der Waals surface area contributed by atoms with Gasteiger partial charge in [-0.05, 0) is 24.6 Å². The first kappa shape index (κ1) is 22.2. The Labute approximate surface area is 180 Å². The van der Waals surface area contributed by atoms with Crippen molar-refractivity contribution < 1.29 is 18.0 Å². The zero-order valence-corrected chi connectivity index (χ0v) is 17.6. The van der Waals surface area contributed by atoms with Crippen molar-refractivity contribution >= 4 is 34.9 Å². The van der Waals surface area contributed by atoms with Crippen molar-refractivity contribution in [2.45, 2.75) is 33.1 Å². The molecular weight excluding hydrogens is 442 g/mol. The molecule has 3 aromatic rings. The number of alkyl halides is 3. The zero-order valence-electron chi connectivity index (χ0n) is 16.0. The molecule has 1 unspecified atom stereocenters. The topological polar surface area (TPSA) is 64.7 Å². The van der Waals surface area contributed by atoms with Gasteiger partial charge in [-0.15, -0.1) is 0 Å². The van der Waals surface area contributed by atoms with Crippen LogP contribution >= 0.6 is 23.2 Å². The molecule has 0 bridgehead atoms. The number of nitrogens with zero attached hydrogens (tertiary/aromatic N) is 4. The molecule has 1 N–H and O–H groups in total. The average molecular weight is 460 g/mol. The van der Waals surface area contributed by atoms with Gasteiger partial charge in [0.2, 0.25) is 5.91 Å². The number of carbonyl (C=O) groups is 1. The fourth-order valence-electron chi connectivity index (χ4n) is 2.78. The summed E-state index contributed by atoms with van der Waals surface area (Å²) in [4.78, 5) is 12.5. The Hall–Kier alpha value is -2.52. The van der Waals surface area contributed by atoms with Crippen LogP contribution in [0.25, 0.3) is 0 Å². The predicted octanol–water partition coefficient (Wildman–Crippen LogP) is 5.04. The van der Waals surface area contributed by atoms with Crippen LogP contribution in [0.15, 0.2) is 36.5 Å². The Morgan fingerprint density at radius 2 is 1.90 bits per heavy atom. The second-order valence-electron chi connectivity index (χ2n) is 6.86. The molecule has 2 heterocycles. The van der Waals surface area contributed by atoms with Crippen LogP contribution in [0.4, 0.5) is 19.0 Å². The fourth-order valence-corrected chi connectivity index (χ4v) is 3.17. The molecule has 0 fully saturated rings. The molecule has 6 nitrogen and oxygen atoms in total. The van der Waals surface area contributed by atoms with Crippen LogP contribution in [0.2, 0.25) is 10.0 Å². The standard InChI is InChI=1S/C19H18Cl2F3N5O/c1-11(8-29-12(2)7-16(26-29)19(22,23)24)18(30)25-17-15(21)10-28(27-17)9-13-5-3-4-6-14(13)20/h3-7,10-11H,8-9H2,1-2H3,(H,25,27,30). The smallest absolute Gasteiger partial charge is 0.308 e. The molecule has 3 rings (SSSR count). The van der Waals surface area contributed by atoms with Gasteiger partial charge >= 0.3 is 6.18 Å². The van der Waals surface area contributed by atoms with Crippen molar-refractivity contribution in [2.24, 2.45) is 5.92 Å². The van der Waals surface area contributed by atoms with Crippen LogP contribution in [-0.2, 0) is 24.1 Å². The van der Waals surface area contributed by atoms with E-state index < -0.39 is 23.7 Å². The van der Waals surface area contributed by atoms with E-state index in [0.29, 0.717) is 17.3 Å².